The fourth-order valence-corrected chi connectivity index (χ4v) is 2.75. The fourth-order valence-electron chi connectivity index (χ4n) is 2.75. The van der Waals surface area contributed by atoms with Gasteiger partial charge in [-0.3, -0.25) is 9.69 Å². The van der Waals surface area contributed by atoms with Crippen molar-refractivity contribution >= 4 is 5.97 Å². The molecule has 1 saturated carbocycles. The Morgan fingerprint density at radius 3 is 2.43 bits per heavy atom. The van der Waals surface area contributed by atoms with Crippen molar-refractivity contribution in [2.24, 2.45) is 5.92 Å². The van der Waals surface area contributed by atoms with Crippen LogP contribution in [0.15, 0.2) is 0 Å². The number of hydrogen-bond donors (Lipinski definition) is 2. The highest BCUT2D eigenvalue weighted by molar-refractivity contribution is 5.80. The van der Waals surface area contributed by atoms with E-state index in [0.29, 0.717) is 5.92 Å². The number of piperazine rings is 1. The van der Waals surface area contributed by atoms with E-state index in [1.807, 2.05) is 0 Å². The third kappa shape index (κ3) is 1.42. The molecule has 0 aromatic heterocycles. The zero-order valence-corrected chi connectivity index (χ0v) is 8.62. The summed E-state index contributed by atoms with van der Waals surface area (Å²) in [4.78, 5) is 13.4. The summed E-state index contributed by atoms with van der Waals surface area (Å²) in [6.07, 6.45) is 1.64. The molecule has 1 heterocycles. The lowest BCUT2D eigenvalue weighted by atomic mass is 9.68. The first-order valence-electron chi connectivity index (χ1n) is 5.34. The number of carboxylic acids is 1. The van der Waals surface area contributed by atoms with Crippen LogP contribution in [-0.4, -0.2) is 47.7 Å². The Morgan fingerprint density at radius 2 is 2.00 bits per heavy atom. The molecule has 2 aliphatic rings. The molecule has 0 unspecified atom stereocenters. The second-order valence-electron chi connectivity index (χ2n) is 4.59. The number of rotatable bonds is 2. The Kier molecular flexibility index (Phi) is 2.49. The van der Waals surface area contributed by atoms with Gasteiger partial charge in [-0.15, -0.1) is 0 Å². The van der Waals surface area contributed by atoms with E-state index in [9.17, 15) is 9.90 Å². The van der Waals surface area contributed by atoms with E-state index in [2.05, 4.69) is 17.1 Å². The second-order valence-corrected chi connectivity index (χ2v) is 4.59. The third-order valence-electron chi connectivity index (χ3n) is 3.49. The van der Waals surface area contributed by atoms with Crippen molar-refractivity contribution in [3.05, 3.63) is 0 Å². The molecule has 4 nitrogen and oxygen atoms in total. The van der Waals surface area contributed by atoms with Crippen LogP contribution in [0.25, 0.3) is 0 Å². The minimum absolute atomic E-state index is 0.526. The molecule has 14 heavy (non-hydrogen) atoms. The van der Waals surface area contributed by atoms with Crippen molar-refractivity contribution in [1.82, 2.24) is 10.2 Å². The summed E-state index contributed by atoms with van der Waals surface area (Å²) in [6, 6.07) is 0. The van der Waals surface area contributed by atoms with Gasteiger partial charge in [0.15, 0.2) is 0 Å². The van der Waals surface area contributed by atoms with Crippen molar-refractivity contribution in [3.8, 4) is 0 Å². The Hall–Kier alpha value is -0.610. The smallest absolute Gasteiger partial charge is 0.324 e. The van der Waals surface area contributed by atoms with Gasteiger partial charge < -0.3 is 10.4 Å². The van der Waals surface area contributed by atoms with Gasteiger partial charge >= 0.3 is 5.97 Å². The molecular formula is C10H18N2O2. The average Bonchev–Trinajstić information content (AvgIpc) is 2.13. The highest BCUT2D eigenvalue weighted by atomic mass is 16.4. The molecule has 80 valence electrons. The molecule has 0 aromatic carbocycles. The lowest BCUT2D eigenvalue weighted by Crippen LogP contribution is -2.65. The molecule has 0 amide bonds. The van der Waals surface area contributed by atoms with Gasteiger partial charge in [0.2, 0.25) is 0 Å². The van der Waals surface area contributed by atoms with Crippen molar-refractivity contribution in [2.45, 2.75) is 25.3 Å². The van der Waals surface area contributed by atoms with Crippen LogP contribution in [0.2, 0.25) is 0 Å². The van der Waals surface area contributed by atoms with Crippen molar-refractivity contribution in [3.63, 3.8) is 0 Å². The summed E-state index contributed by atoms with van der Waals surface area (Å²) in [5.74, 6) is -0.0570. The lowest BCUT2D eigenvalue weighted by Gasteiger charge is -2.51. The maximum atomic E-state index is 11.3. The quantitative estimate of drug-likeness (QED) is 0.663. The normalized spacial score (nSPS) is 39.1. The maximum absolute atomic E-state index is 11.3. The van der Waals surface area contributed by atoms with Crippen LogP contribution < -0.4 is 5.32 Å². The highest BCUT2D eigenvalue weighted by Crippen LogP contribution is 2.42. The van der Waals surface area contributed by atoms with E-state index in [1.54, 1.807) is 0 Å². The van der Waals surface area contributed by atoms with Crippen molar-refractivity contribution < 1.29 is 9.90 Å². The van der Waals surface area contributed by atoms with Crippen molar-refractivity contribution in [2.75, 3.05) is 26.2 Å². The third-order valence-corrected chi connectivity index (χ3v) is 3.49. The van der Waals surface area contributed by atoms with Gasteiger partial charge in [-0.1, -0.05) is 6.92 Å². The summed E-state index contributed by atoms with van der Waals surface area (Å²) in [5.41, 5.74) is -0.526. The Balaban J connectivity index is 2.07. The molecule has 2 N–H and O–H groups in total. The predicted octanol–water partition coefficient (Wildman–Crippen LogP) is 0.145. The summed E-state index contributed by atoms with van der Waals surface area (Å²) in [6.45, 7) is 5.72. The van der Waals surface area contributed by atoms with Gasteiger partial charge in [-0.05, 0) is 18.8 Å². The number of aliphatic carboxylic acids is 1. The zero-order valence-electron chi connectivity index (χ0n) is 8.62. The maximum Gasteiger partial charge on any atom is 0.324 e. The van der Waals surface area contributed by atoms with Crippen LogP contribution in [0.1, 0.15) is 19.8 Å². The van der Waals surface area contributed by atoms with Gasteiger partial charge in [0, 0.05) is 26.2 Å². The first-order chi connectivity index (χ1) is 6.65. The first-order valence-corrected chi connectivity index (χ1v) is 5.34. The first kappa shape index (κ1) is 9.93. The van der Waals surface area contributed by atoms with Gasteiger partial charge in [-0.2, -0.15) is 0 Å². The summed E-state index contributed by atoms with van der Waals surface area (Å²) in [7, 11) is 0. The van der Waals surface area contributed by atoms with E-state index in [1.165, 1.54) is 0 Å². The molecule has 0 atom stereocenters. The average molecular weight is 198 g/mol. The molecule has 1 aliphatic heterocycles. The van der Waals surface area contributed by atoms with Crippen LogP contribution in [0, 0.1) is 5.92 Å². The molecule has 2 rings (SSSR count). The summed E-state index contributed by atoms with van der Waals surface area (Å²) < 4.78 is 0. The molecule has 1 aliphatic carbocycles. The molecule has 0 bridgehead atoms. The van der Waals surface area contributed by atoms with Crippen LogP contribution in [-0.2, 0) is 4.79 Å². The number of hydrogen-bond acceptors (Lipinski definition) is 3. The van der Waals surface area contributed by atoms with Crippen LogP contribution in [0.4, 0.5) is 0 Å². The van der Waals surface area contributed by atoms with Gasteiger partial charge in [0.25, 0.3) is 0 Å². The van der Waals surface area contributed by atoms with Crippen LogP contribution in [0.5, 0.6) is 0 Å². The number of carboxylic acid groups (broad SMARTS) is 1. The van der Waals surface area contributed by atoms with E-state index in [0.717, 1.165) is 39.0 Å². The molecule has 0 spiro atoms. The highest BCUT2D eigenvalue weighted by Gasteiger charge is 2.52. The molecular weight excluding hydrogens is 180 g/mol. The van der Waals surface area contributed by atoms with Gasteiger partial charge in [-0.25, -0.2) is 0 Å². The second kappa shape index (κ2) is 3.51. The van der Waals surface area contributed by atoms with Gasteiger partial charge in [0.05, 0.1) is 0 Å². The molecule has 1 saturated heterocycles. The number of nitrogens with zero attached hydrogens (tertiary/aromatic N) is 1. The molecule has 4 heteroatoms. The van der Waals surface area contributed by atoms with E-state index in [4.69, 9.17) is 0 Å². The molecule has 2 fully saturated rings. The summed E-state index contributed by atoms with van der Waals surface area (Å²) >= 11 is 0. The Bertz CT molecular complexity index is 230. The minimum Gasteiger partial charge on any atom is -0.480 e. The number of nitrogens with one attached hydrogen (secondary N) is 1. The molecule has 0 radical (unpaired) electrons. The van der Waals surface area contributed by atoms with E-state index < -0.39 is 11.5 Å². The minimum atomic E-state index is -0.627. The SMILES string of the molecule is CC1CC(C(=O)O)(N2CCNCC2)C1. The monoisotopic (exact) mass is 198 g/mol. The number of carbonyl (C=O) groups is 1. The Morgan fingerprint density at radius 1 is 1.43 bits per heavy atom. The van der Waals surface area contributed by atoms with Crippen LogP contribution in [0.3, 0.4) is 0 Å². The van der Waals surface area contributed by atoms with E-state index in [-0.39, 0.29) is 0 Å². The van der Waals surface area contributed by atoms with E-state index >= 15 is 0 Å². The van der Waals surface area contributed by atoms with Crippen molar-refractivity contribution in [1.29, 1.82) is 0 Å². The van der Waals surface area contributed by atoms with Gasteiger partial charge in [0.1, 0.15) is 5.54 Å². The topological polar surface area (TPSA) is 52.6 Å². The lowest BCUT2D eigenvalue weighted by molar-refractivity contribution is -0.163. The fraction of sp³-hybridized carbons (Fsp3) is 0.900. The predicted molar refractivity (Wildman–Crippen MR) is 53.2 cm³/mol. The standard InChI is InChI=1S/C10H18N2O2/c1-8-6-10(7-8,9(13)14)12-4-2-11-3-5-12/h8,11H,2-7H2,1H3,(H,13,14). The van der Waals surface area contributed by atoms with Crippen LogP contribution >= 0.6 is 0 Å². The summed E-state index contributed by atoms with van der Waals surface area (Å²) in [5, 5.41) is 12.5. The largest absolute Gasteiger partial charge is 0.480 e. The molecule has 0 aromatic rings. The zero-order chi connectivity index (χ0) is 10.2. The Labute approximate surface area is 84.3 Å².